The summed E-state index contributed by atoms with van der Waals surface area (Å²) in [5, 5.41) is 4.76. The third-order valence-electron chi connectivity index (χ3n) is 3.63. The van der Waals surface area contributed by atoms with Gasteiger partial charge < -0.3 is 11.1 Å². The normalized spacial score (nSPS) is 11.7. The molecule has 0 radical (unpaired) electrons. The Labute approximate surface area is 164 Å². The standard InChI is InChI=1S/C17H23N3O3S2.ClH/c1-17(2,12-18)20-16(21)13-5-7-15(8-6-13)25(22,23)19-10-9-14-4-3-11-24-14;/h3-8,11,19H,9-10,12,18H2,1-2H3,(H,20,21);1H. The van der Waals surface area contributed by atoms with Crippen LogP contribution < -0.4 is 15.8 Å². The number of benzene rings is 1. The molecule has 0 spiro atoms. The molecule has 1 aromatic heterocycles. The summed E-state index contributed by atoms with van der Waals surface area (Å²) in [6, 6.07) is 9.75. The molecule has 0 aliphatic rings. The van der Waals surface area contributed by atoms with Crippen LogP contribution in [0.1, 0.15) is 29.1 Å². The highest BCUT2D eigenvalue weighted by atomic mass is 35.5. The van der Waals surface area contributed by atoms with Gasteiger partial charge in [0.1, 0.15) is 0 Å². The predicted octanol–water partition coefficient (Wildman–Crippen LogP) is 2.16. The smallest absolute Gasteiger partial charge is 0.251 e. The number of carbonyl (C=O) groups excluding carboxylic acids is 1. The topological polar surface area (TPSA) is 101 Å². The van der Waals surface area contributed by atoms with Crippen LogP contribution in [0.5, 0.6) is 0 Å². The average Bonchev–Trinajstić information content (AvgIpc) is 3.08. The summed E-state index contributed by atoms with van der Waals surface area (Å²) < 4.78 is 27.2. The van der Waals surface area contributed by atoms with Crippen LogP contribution in [0.15, 0.2) is 46.7 Å². The summed E-state index contributed by atoms with van der Waals surface area (Å²) >= 11 is 1.59. The minimum Gasteiger partial charge on any atom is -0.346 e. The number of carbonyl (C=O) groups is 1. The molecule has 6 nitrogen and oxygen atoms in total. The second-order valence-electron chi connectivity index (χ2n) is 6.29. The van der Waals surface area contributed by atoms with E-state index in [2.05, 4.69) is 10.0 Å². The van der Waals surface area contributed by atoms with Crippen LogP contribution in [0.4, 0.5) is 0 Å². The van der Waals surface area contributed by atoms with Gasteiger partial charge in [-0.2, -0.15) is 0 Å². The van der Waals surface area contributed by atoms with Gasteiger partial charge in [-0.05, 0) is 56.0 Å². The summed E-state index contributed by atoms with van der Waals surface area (Å²) in [6.07, 6.45) is 0.644. The van der Waals surface area contributed by atoms with Gasteiger partial charge in [-0.3, -0.25) is 4.79 Å². The molecule has 144 valence electrons. The SMILES string of the molecule is CC(C)(CN)NC(=O)c1ccc(S(=O)(=O)NCCc2cccs2)cc1.Cl. The molecule has 0 aliphatic heterocycles. The lowest BCUT2D eigenvalue weighted by Crippen LogP contribution is -2.48. The first kappa shape index (κ1) is 22.6. The second-order valence-corrected chi connectivity index (χ2v) is 9.09. The van der Waals surface area contributed by atoms with Gasteiger partial charge in [0, 0.05) is 29.1 Å². The monoisotopic (exact) mass is 417 g/mol. The average molecular weight is 418 g/mol. The fourth-order valence-electron chi connectivity index (χ4n) is 2.06. The van der Waals surface area contributed by atoms with Crippen molar-refractivity contribution in [2.45, 2.75) is 30.7 Å². The van der Waals surface area contributed by atoms with Gasteiger partial charge in [-0.1, -0.05) is 6.07 Å². The van der Waals surface area contributed by atoms with Gasteiger partial charge in [0.05, 0.1) is 4.90 Å². The molecule has 1 heterocycles. The van der Waals surface area contributed by atoms with Crippen molar-refractivity contribution in [2.24, 2.45) is 5.73 Å². The Kier molecular flexibility index (Phi) is 8.23. The molecule has 0 aliphatic carbocycles. The van der Waals surface area contributed by atoms with Crippen molar-refractivity contribution >= 4 is 39.7 Å². The third kappa shape index (κ3) is 6.37. The highest BCUT2D eigenvalue weighted by Crippen LogP contribution is 2.13. The molecular formula is C17H24ClN3O3S2. The number of hydrogen-bond donors (Lipinski definition) is 3. The minimum absolute atomic E-state index is 0. The summed E-state index contributed by atoms with van der Waals surface area (Å²) in [6.45, 7) is 4.28. The Morgan fingerprint density at radius 2 is 1.85 bits per heavy atom. The molecule has 0 bridgehead atoms. The third-order valence-corrected chi connectivity index (χ3v) is 6.05. The fourth-order valence-corrected chi connectivity index (χ4v) is 3.80. The molecule has 4 N–H and O–H groups in total. The Hall–Kier alpha value is -1.45. The van der Waals surface area contributed by atoms with E-state index in [-0.39, 0.29) is 23.2 Å². The molecule has 26 heavy (non-hydrogen) atoms. The van der Waals surface area contributed by atoms with Crippen molar-refractivity contribution in [2.75, 3.05) is 13.1 Å². The number of nitrogens with two attached hydrogens (primary N) is 1. The molecular weight excluding hydrogens is 394 g/mol. The van der Waals surface area contributed by atoms with Crippen LogP contribution >= 0.6 is 23.7 Å². The first-order valence-corrected chi connectivity index (χ1v) is 10.2. The van der Waals surface area contributed by atoms with E-state index < -0.39 is 15.6 Å². The summed E-state index contributed by atoms with van der Waals surface area (Å²) in [5.74, 6) is -0.287. The molecule has 0 fully saturated rings. The second kappa shape index (κ2) is 9.48. The Morgan fingerprint density at radius 3 is 2.38 bits per heavy atom. The summed E-state index contributed by atoms with van der Waals surface area (Å²) in [4.78, 5) is 13.4. The predicted molar refractivity (Wildman–Crippen MR) is 108 cm³/mol. The Morgan fingerprint density at radius 1 is 1.19 bits per heavy atom. The fraction of sp³-hybridized carbons (Fsp3) is 0.353. The number of nitrogens with one attached hydrogen (secondary N) is 2. The van der Waals surface area contributed by atoms with Crippen LogP contribution in [0, 0.1) is 0 Å². The van der Waals surface area contributed by atoms with Gasteiger partial charge in [-0.25, -0.2) is 13.1 Å². The maximum atomic E-state index is 12.3. The Bertz CT molecular complexity index is 804. The van der Waals surface area contributed by atoms with E-state index in [9.17, 15) is 13.2 Å². The highest BCUT2D eigenvalue weighted by molar-refractivity contribution is 7.89. The van der Waals surface area contributed by atoms with Crippen LogP contribution in [0.25, 0.3) is 0 Å². The summed E-state index contributed by atoms with van der Waals surface area (Å²) in [7, 11) is -3.59. The molecule has 9 heteroatoms. The zero-order valence-electron chi connectivity index (χ0n) is 14.7. The Balaban J connectivity index is 0.00000338. The quantitative estimate of drug-likeness (QED) is 0.612. The molecule has 1 amide bonds. The van der Waals surface area contributed by atoms with Crippen LogP contribution in [-0.4, -0.2) is 33.0 Å². The molecule has 0 saturated carbocycles. The van der Waals surface area contributed by atoms with Crippen molar-refractivity contribution in [3.05, 3.63) is 52.2 Å². The van der Waals surface area contributed by atoms with Gasteiger partial charge in [0.2, 0.25) is 10.0 Å². The van der Waals surface area contributed by atoms with E-state index >= 15 is 0 Å². The highest BCUT2D eigenvalue weighted by Gasteiger charge is 2.20. The number of hydrogen-bond acceptors (Lipinski definition) is 5. The van der Waals surface area contributed by atoms with E-state index in [4.69, 9.17) is 5.73 Å². The van der Waals surface area contributed by atoms with E-state index in [0.29, 0.717) is 25.1 Å². The lowest BCUT2D eigenvalue weighted by Gasteiger charge is -2.24. The molecule has 2 aromatic rings. The molecule has 1 aromatic carbocycles. The number of halogens is 1. The van der Waals surface area contributed by atoms with E-state index in [0.717, 1.165) is 4.88 Å². The van der Waals surface area contributed by atoms with Gasteiger partial charge in [0.15, 0.2) is 0 Å². The van der Waals surface area contributed by atoms with Crippen molar-refractivity contribution in [3.8, 4) is 0 Å². The van der Waals surface area contributed by atoms with Gasteiger partial charge >= 0.3 is 0 Å². The molecule has 2 rings (SSSR count). The lowest BCUT2D eigenvalue weighted by molar-refractivity contribution is 0.0915. The minimum atomic E-state index is -3.59. The number of thiophene rings is 1. The number of sulfonamides is 1. The molecule has 0 atom stereocenters. The number of amides is 1. The maximum absolute atomic E-state index is 12.3. The van der Waals surface area contributed by atoms with Gasteiger partial charge in [0.25, 0.3) is 5.91 Å². The molecule has 0 saturated heterocycles. The largest absolute Gasteiger partial charge is 0.346 e. The molecule has 0 unspecified atom stereocenters. The van der Waals surface area contributed by atoms with Crippen molar-refractivity contribution < 1.29 is 13.2 Å². The first-order chi connectivity index (χ1) is 11.7. The zero-order chi connectivity index (χ0) is 18.5. The van der Waals surface area contributed by atoms with E-state index in [1.807, 2.05) is 31.4 Å². The van der Waals surface area contributed by atoms with Crippen molar-refractivity contribution in [1.29, 1.82) is 0 Å². The van der Waals surface area contributed by atoms with Crippen molar-refractivity contribution in [1.82, 2.24) is 10.0 Å². The van der Waals surface area contributed by atoms with E-state index in [1.54, 1.807) is 11.3 Å². The number of rotatable bonds is 8. The summed E-state index contributed by atoms with van der Waals surface area (Å²) in [5.41, 5.74) is 5.46. The van der Waals surface area contributed by atoms with Crippen molar-refractivity contribution in [3.63, 3.8) is 0 Å². The first-order valence-electron chi connectivity index (χ1n) is 7.88. The maximum Gasteiger partial charge on any atom is 0.251 e. The van der Waals surface area contributed by atoms with E-state index in [1.165, 1.54) is 24.3 Å². The zero-order valence-corrected chi connectivity index (χ0v) is 17.1. The van der Waals surface area contributed by atoms with Crippen LogP contribution in [0.3, 0.4) is 0 Å². The lowest BCUT2D eigenvalue weighted by atomic mass is 10.1. The van der Waals surface area contributed by atoms with Gasteiger partial charge in [-0.15, -0.1) is 23.7 Å². The van der Waals surface area contributed by atoms with Crippen LogP contribution in [-0.2, 0) is 16.4 Å². The van der Waals surface area contributed by atoms with Crippen LogP contribution in [0.2, 0.25) is 0 Å².